The van der Waals surface area contributed by atoms with Crippen molar-refractivity contribution in [1.82, 2.24) is 10.6 Å². The minimum atomic E-state index is -1.04. The van der Waals surface area contributed by atoms with E-state index in [2.05, 4.69) is 18.2 Å². The van der Waals surface area contributed by atoms with Crippen LogP contribution < -0.4 is 11.3 Å². The molecule has 1 heterocycles. The number of carbonyl (C=O) groups is 2. The third-order valence-corrected chi connectivity index (χ3v) is 2.16. The van der Waals surface area contributed by atoms with E-state index in [0.29, 0.717) is 6.29 Å². The van der Waals surface area contributed by atoms with Crippen molar-refractivity contribution in [3.63, 3.8) is 0 Å². The molecule has 1 aliphatic heterocycles. The van der Waals surface area contributed by atoms with Gasteiger partial charge in [-0.2, -0.15) is 12.6 Å². The molecule has 1 rings (SSSR count). The van der Waals surface area contributed by atoms with E-state index in [-0.39, 0.29) is 12.4 Å². The average Bonchev–Trinajstić information content (AvgIpc) is 2.76. The smallest absolute Gasteiger partial charge is 0.345 e. The van der Waals surface area contributed by atoms with E-state index in [1.807, 2.05) is 0 Å². The Kier molecular flexibility index (Phi) is 4.59. The first kappa shape index (κ1) is 12.8. The fourth-order valence-corrected chi connectivity index (χ4v) is 1.10. The van der Waals surface area contributed by atoms with Crippen molar-refractivity contribution in [2.75, 3.05) is 6.61 Å². The number of hydrogen-bond acceptors (Lipinski definition) is 8. The van der Waals surface area contributed by atoms with E-state index in [1.165, 1.54) is 11.2 Å². The molecule has 0 aromatic heterocycles. The molecular weight excluding hydrogens is 234 g/mol. The van der Waals surface area contributed by atoms with Gasteiger partial charge in [0.1, 0.15) is 11.5 Å². The number of rotatable bonds is 5. The van der Waals surface area contributed by atoms with Gasteiger partial charge in [0.2, 0.25) is 0 Å². The molecule has 0 radical (unpaired) electrons. The Labute approximate surface area is 97.9 Å². The van der Waals surface area contributed by atoms with Gasteiger partial charge >= 0.3 is 5.97 Å². The van der Waals surface area contributed by atoms with Crippen LogP contribution in [0.15, 0.2) is 12.0 Å². The molecule has 0 spiro atoms. The number of carbonyl (C=O) groups excluding carboxylic acids is 2. The van der Waals surface area contributed by atoms with Crippen molar-refractivity contribution >= 4 is 24.9 Å². The minimum Gasteiger partial charge on any atom is -0.463 e. The standard InChI is InChI=1S/C8H13N3O4S/c1-2-14-8(13)7(9)11-3-5(15-10-11)6(16)4-12/h3-4,6-7,10,16H,2,9H2,1H3/t6?,7-/m1/s1. The Morgan fingerprint density at radius 3 is 3.12 bits per heavy atom. The lowest BCUT2D eigenvalue weighted by atomic mass is 10.4. The molecule has 0 saturated heterocycles. The molecule has 0 aromatic rings. The third-order valence-electron chi connectivity index (χ3n) is 1.78. The normalized spacial score (nSPS) is 18.4. The number of nitrogens with one attached hydrogen (secondary N) is 1. The highest BCUT2D eigenvalue weighted by molar-refractivity contribution is 7.82. The van der Waals surface area contributed by atoms with Crippen LogP contribution in [0.1, 0.15) is 6.92 Å². The van der Waals surface area contributed by atoms with Gasteiger partial charge in [0.25, 0.3) is 0 Å². The molecule has 0 bridgehead atoms. The molecule has 0 saturated carbocycles. The van der Waals surface area contributed by atoms with Crippen molar-refractivity contribution in [1.29, 1.82) is 0 Å². The van der Waals surface area contributed by atoms with Gasteiger partial charge in [-0.15, -0.1) is 0 Å². The van der Waals surface area contributed by atoms with Crippen molar-refractivity contribution in [2.24, 2.45) is 5.73 Å². The summed E-state index contributed by atoms with van der Waals surface area (Å²) in [7, 11) is 0. The summed E-state index contributed by atoms with van der Waals surface area (Å²) >= 11 is 3.94. The molecule has 16 heavy (non-hydrogen) atoms. The number of hydrogen-bond donors (Lipinski definition) is 3. The Hall–Kier alpha value is -1.25. The number of nitrogens with two attached hydrogens (primary N) is 1. The highest BCUT2D eigenvalue weighted by Crippen LogP contribution is 2.14. The van der Waals surface area contributed by atoms with Crippen molar-refractivity contribution < 1.29 is 19.2 Å². The molecule has 0 aromatic carbocycles. The highest BCUT2D eigenvalue weighted by Gasteiger charge is 2.28. The summed E-state index contributed by atoms with van der Waals surface area (Å²) in [5, 5.41) is 0.493. The van der Waals surface area contributed by atoms with Gasteiger partial charge in [0.15, 0.2) is 11.9 Å². The van der Waals surface area contributed by atoms with Crippen LogP contribution in [0.3, 0.4) is 0 Å². The van der Waals surface area contributed by atoms with Crippen LogP contribution >= 0.6 is 12.6 Å². The van der Waals surface area contributed by atoms with Crippen LogP contribution in [0.4, 0.5) is 0 Å². The van der Waals surface area contributed by atoms with Crippen LogP contribution in [0, 0.1) is 0 Å². The molecule has 2 atom stereocenters. The molecule has 0 aliphatic carbocycles. The maximum Gasteiger partial charge on any atom is 0.345 e. The molecule has 90 valence electrons. The van der Waals surface area contributed by atoms with E-state index >= 15 is 0 Å². The van der Waals surface area contributed by atoms with E-state index < -0.39 is 17.4 Å². The van der Waals surface area contributed by atoms with Crippen LogP contribution in [-0.2, 0) is 19.2 Å². The van der Waals surface area contributed by atoms with Crippen molar-refractivity contribution in [3.8, 4) is 0 Å². The SMILES string of the molecule is CCOC(=O)[C@H](N)N1C=C(C(S)C=O)ON1. The Morgan fingerprint density at radius 1 is 1.88 bits per heavy atom. The van der Waals surface area contributed by atoms with Gasteiger partial charge in [-0.1, -0.05) is 5.59 Å². The maximum atomic E-state index is 11.3. The predicted octanol–water partition coefficient (Wildman–Crippen LogP) is -1.08. The molecule has 7 nitrogen and oxygen atoms in total. The van der Waals surface area contributed by atoms with E-state index in [1.54, 1.807) is 6.92 Å². The topological polar surface area (TPSA) is 93.9 Å². The number of aldehydes is 1. The summed E-state index contributed by atoms with van der Waals surface area (Å²) in [5.41, 5.74) is 7.93. The van der Waals surface area contributed by atoms with Gasteiger partial charge in [-0.05, 0) is 6.92 Å². The van der Waals surface area contributed by atoms with Gasteiger partial charge in [0, 0.05) is 0 Å². The summed E-state index contributed by atoms with van der Waals surface area (Å²) < 4.78 is 4.72. The van der Waals surface area contributed by atoms with Gasteiger partial charge in [-0.3, -0.25) is 5.01 Å². The second-order valence-electron chi connectivity index (χ2n) is 2.91. The zero-order chi connectivity index (χ0) is 12.1. The summed E-state index contributed by atoms with van der Waals surface area (Å²) in [6, 6.07) is 0. The monoisotopic (exact) mass is 247 g/mol. The van der Waals surface area contributed by atoms with E-state index in [9.17, 15) is 9.59 Å². The third kappa shape index (κ3) is 2.87. The first-order valence-corrected chi connectivity index (χ1v) is 5.10. The first-order chi connectivity index (χ1) is 7.60. The lowest BCUT2D eigenvalue weighted by Crippen LogP contribution is -2.49. The zero-order valence-corrected chi connectivity index (χ0v) is 9.52. The number of thiol groups is 1. The fraction of sp³-hybridized carbons (Fsp3) is 0.500. The summed E-state index contributed by atoms with van der Waals surface area (Å²) in [5.74, 6) is -0.337. The largest absolute Gasteiger partial charge is 0.463 e. The minimum absolute atomic E-state index is 0.237. The maximum absolute atomic E-state index is 11.3. The van der Waals surface area contributed by atoms with Crippen LogP contribution in [0.25, 0.3) is 0 Å². The number of hydrazine groups is 1. The second kappa shape index (κ2) is 5.73. The quantitative estimate of drug-likeness (QED) is 0.323. The lowest BCUT2D eigenvalue weighted by Gasteiger charge is -2.19. The average molecular weight is 247 g/mol. The Morgan fingerprint density at radius 2 is 2.56 bits per heavy atom. The molecule has 1 unspecified atom stereocenters. The van der Waals surface area contributed by atoms with Gasteiger partial charge in [0.05, 0.1) is 12.8 Å². The van der Waals surface area contributed by atoms with Gasteiger partial charge in [-0.25, -0.2) is 4.79 Å². The zero-order valence-electron chi connectivity index (χ0n) is 8.62. The van der Waals surface area contributed by atoms with E-state index in [4.69, 9.17) is 15.3 Å². The van der Waals surface area contributed by atoms with Crippen molar-refractivity contribution in [2.45, 2.75) is 18.3 Å². The highest BCUT2D eigenvalue weighted by atomic mass is 32.1. The molecule has 8 heteroatoms. The summed E-state index contributed by atoms with van der Waals surface area (Å²) in [6.45, 7) is 1.91. The van der Waals surface area contributed by atoms with Crippen LogP contribution in [-0.4, -0.2) is 35.3 Å². The Balaban J connectivity index is 2.60. The number of nitrogens with zero attached hydrogens (tertiary/aromatic N) is 1. The molecule has 0 fully saturated rings. The molecule has 3 N–H and O–H groups in total. The predicted molar refractivity (Wildman–Crippen MR) is 57.6 cm³/mol. The molecule has 0 amide bonds. The van der Waals surface area contributed by atoms with Crippen LogP contribution in [0.5, 0.6) is 0 Å². The summed E-state index contributed by atoms with van der Waals surface area (Å²) in [6.07, 6.45) is 0.938. The fourth-order valence-electron chi connectivity index (χ4n) is 0.977. The lowest BCUT2D eigenvalue weighted by molar-refractivity contribution is -0.152. The molecule has 1 aliphatic rings. The van der Waals surface area contributed by atoms with Crippen molar-refractivity contribution in [3.05, 3.63) is 12.0 Å². The van der Waals surface area contributed by atoms with E-state index in [0.717, 1.165) is 0 Å². The summed E-state index contributed by atoms with van der Waals surface area (Å²) in [4.78, 5) is 26.6. The first-order valence-electron chi connectivity index (χ1n) is 4.58. The Bertz CT molecular complexity index is 310. The van der Waals surface area contributed by atoms with Gasteiger partial charge < -0.3 is 20.1 Å². The number of esters is 1. The molecular formula is C8H13N3O4S. The second-order valence-corrected chi connectivity index (χ2v) is 3.47. The number of ether oxygens (including phenoxy) is 1. The van der Waals surface area contributed by atoms with Crippen LogP contribution in [0.2, 0.25) is 0 Å².